The molecule has 5 heteroatoms. The number of ether oxygens (including phenoxy) is 1. The van der Waals surface area contributed by atoms with Gasteiger partial charge in [0.15, 0.2) is 0 Å². The minimum atomic E-state index is -0.227. The smallest absolute Gasteiger partial charge is 0.134 e. The fourth-order valence-electron chi connectivity index (χ4n) is 7.75. The number of aliphatic hydroxyl groups is 1. The van der Waals surface area contributed by atoms with Gasteiger partial charge in [0.2, 0.25) is 0 Å². The third kappa shape index (κ3) is 3.65. The van der Waals surface area contributed by atoms with E-state index in [1.807, 2.05) is 0 Å². The molecule has 3 aliphatic carbocycles. The van der Waals surface area contributed by atoms with E-state index in [-0.39, 0.29) is 17.3 Å². The first-order valence-corrected chi connectivity index (χ1v) is 13.5. The molecule has 34 heavy (non-hydrogen) atoms. The predicted octanol–water partition coefficient (Wildman–Crippen LogP) is 5.74. The van der Waals surface area contributed by atoms with Gasteiger partial charge in [0.05, 0.1) is 11.1 Å². The minimum Gasteiger partial charge on any atom is -0.506 e. The zero-order chi connectivity index (χ0) is 23.4. The van der Waals surface area contributed by atoms with E-state index in [1.54, 1.807) is 6.07 Å². The number of aliphatic hydroxyl groups excluding tert-OH is 1. The van der Waals surface area contributed by atoms with E-state index in [2.05, 4.69) is 42.2 Å². The second-order valence-corrected chi connectivity index (χ2v) is 11.7. The third-order valence-electron chi connectivity index (χ3n) is 9.71. The van der Waals surface area contributed by atoms with Crippen LogP contribution in [-0.4, -0.2) is 47.5 Å². The summed E-state index contributed by atoms with van der Waals surface area (Å²) < 4.78 is 6.03. The summed E-state index contributed by atoms with van der Waals surface area (Å²) in [7, 11) is 0. The second-order valence-electron chi connectivity index (χ2n) is 11.3. The van der Waals surface area contributed by atoms with Gasteiger partial charge in [0, 0.05) is 6.54 Å². The van der Waals surface area contributed by atoms with Crippen molar-refractivity contribution in [2.75, 3.05) is 26.2 Å². The van der Waals surface area contributed by atoms with Gasteiger partial charge in [-0.25, -0.2) is 0 Å². The summed E-state index contributed by atoms with van der Waals surface area (Å²) >= 11 is 6.59. The highest BCUT2D eigenvalue weighted by molar-refractivity contribution is 6.32. The van der Waals surface area contributed by atoms with Crippen LogP contribution in [0.2, 0.25) is 5.02 Å². The lowest BCUT2D eigenvalue weighted by molar-refractivity contribution is -0.0322. The molecular formula is C29H36ClNO3. The molecule has 0 bridgehead atoms. The number of benzene rings is 2. The van der Waals surface area contributed by atoms with Gasteiger partial charge >= 0.3 is 0 Å². The van der Waals surface area contributed by atoms with Gasteiger partial charge in [0.1, 0.15) is 18.1 Å². The van der Waals surface area contributed by atoms with E-state index >= 15 is 0 Å². The summed E-state index contributed by atoms with van der Waals surface area (Å²) in [5.74, 6) is 2.86. The van der Waals surface area contributed by atoms with Crippen molar-refractivity contribution in [2.45, 2.75) is 63.4 Å². The lowest BCUT2D eigenvalue weighted by Gasteiger charge is -2.54. The average Bonchev–Trinajstić information content (AvgIpc) is 3.12. The molecule has 2 saturated carbocycles. The molecule has 0 amide bonds. The molecule has 0 spiro atoms. The maximum absolute atomic E-state index is 11.0. The van der Waals surface area contributed by atoms with Gasteiger partial charge in [-0.1, -0.05) is 36.7 Å². The topological polar surface area (TPSA) is 52.9 Å². The van der Waals surface area contributed by atoms with Crippen molar-refractivity contribution in [3.8, 4) is 11.5 Å². The molecule has 1 aliphatic heterocycles. The Hall–Kier alpha value is -1.75. The summed E-state index contributed by atoms with van der Waals surface area (Å²) in [5.41, 5.74) is 3.71. The fraction of sp³-hybridized carbons (Fsp3) is 0.586. The molecule has 4 aliphatic rings. The van der Waals surface area contributed by atoms with Crippen molar-refractivity contribution in [1.82, 2.24) is 4.90 Å². The third-order valence-corrected chi connectivity index (χ3v) is 10.1. The molecule has 2 aromatic carbocycles. The number of fused-ring (bicyclic) bond motifs is 5. The van der Waals surface area contributed by atoms with Crippen molar-refractivity contribution in [3.05, 3.63) is 58.1 Å². The molecule has 0 radical (unpaired) electrons. The molecule has 182 valence electrons. The van der Waals surface area contributed by atoms with Crippen molar-refractivity contribution in [1.29, 1.82) is 0 Å². The van der Waals surface area contributed by atoms with E-state index in [0.29, 0.717) is 28.7 Å². The average molecular weight is 482 g/mol. The first kappa shape index (κ1) is 22.7. The Morgan fingerprint density at radius 3 is 2.62 bits per heavy atom. The first-order valence-electron chi connectivity index (χ1n) is 13.1. The normalized spacial score (nSPS) is 34.6. The number of phenolic OH excluding ortho intramolecular Hbond substituents is 1. The van der Waals surface area contributed by atoms with Crippen molar-refractivity contribution in [2.24, 2.45) is 17.3 Å². The Labute approximate surface area is 207 Å². The molecule has 2 N–H and O–H groups in total. The summed E-state index contributed by atoms with van der Waals surface area (Å²) in [6, 6.07) is 12.6. The van der Waals surface area contributed by atoms with E-state index < -0.39 is 0 Å². The van der Waals surface area contributed by atoms with Crippen LogP contribution in [0.5, 0.6) is 11.5 Å². The Bertz CT molecular complexity index is 1050. The van der Waals surface area contributed by atoms with Crippen molar-refractivity contribution >= 4 is 11.6 Å². The van der Waals surface area contributed by atoms with E-state index in [4.69, 9.17) is 16.3 Å². The summed E-state index contributed by atoms with van der Waals surface area (Å²) in [4.78, 5) is 2.42. The molecule has 6 atom stereocenters. The summed E-state index contributed by atoms with van der Waals surface area (Å²) in [5, 5.41) is 21.8. The van der Waals surface area contributed by atoms with E-state index in [9.17, 15) is 10.2 Å². The predicted molar refractivity (Wildman–Crippen MR) is 135 cm³/mol. The molecule has 0 aromatic heterocycles. The van der Waals surface area contributed by atoms with Gasteiger partial charge in [-0.2, -0.15) is 0 Å². The van der Waals surface area contributed by atoms with Gasteiger partial charge in [-0.15, -0.1) is 0 Å². The largest absolute Gasteiger partial charge is 0.506 e. The highest BCUT2D eigenvalue weighted by Crippen LogP contribution is 2.65. The number of hydrogen-bond donors (Lipinski definition) is 2. The maximum Gasteiger partial charge on any atom is 0.134 e. The van der Waals surface area contributed by atoms with E-state index in [0.717, 1.165) is 56.6 Å². The number of hydrogen-bond acceptors (Lipinski definition) is 4. The van der Waals surface area contributed by atoms with Gasteiger partial charge in [-0.3, -0.25) is 4.90 Å². The molecule has 4 nitrogen and oxygen atoms in total. The van der Waals surface area contributed by atoms with Gasteiger partial charge in [0.25, 0.3) is 0 Å². The monoisotopic (exact) mass is 481 g/mol. The summed E-state index contributed by atoms with van der Waals surface area (Å²) in [6.45, 7) is 6.44. The molecule has 3 fully saturated rings. The Morgan fingerprint density at radius 2 is 1.88 bits per heavy atom. The SMILES string of the molecule is C[C@]12C[C@H](c3ccc(OCCN4CCC4)cc3)[C@@H]3c4ccc(O)c(Cl)c4CC[C@H]3[C@@H]1CC[C@@H]2O. The van der Waals surface area contributed by atoms with Crippen LogP contribution in [0.3, 0.4) is 0 Å². The summed E-state index contributed by atoms with van der Waals surface area (Å²) in [6.07, 6.45) is 6.05. The molecule has 1 saturated heterocycles. The van der Waals surface area contributed by atoms with Crippen LogP contribution in [0, 0.1) is 17.3 Å². The molecule has 6 rings (SSSR count). The zero-order valence-electron chi connectivity index (χ0n) is 20.0. The number of aromatic hydroxyl groups is 1. The molecule has 0 unspecified atom stereocenters. The number of nitrogens with zero attached hydrogens (tertiary/aromatic N) is 1. The Morgan fingerprint density at radius 1 is 1.09 bits per heavy atom. The molecule has 1 heterocycles. The lowest BCUT2D eigenvalue weighted by atomic mass is 9.51. The highest BCUT2D eigenvalue weighted by Gasteiger charge is 2.57. The van der Waals surface area contributed by atoms with Crippen LogP contribution in [0.15, 0.2) is 36.4 Å². The van der Waals surface area contributed by atoms with Crippen LogP contribution in [0.25, 0.3) is 0 Å². The van der Waals surface area contributed by atoms with Gasteiger partial charge < -0.3 is 14.9 Å². The number of likely N-dealkylation sites (tertiary alicyclic amines) is 1. The second kappa shape index (κ2) is 8.72. The Balaban J connectivity index is 1.32. The fourth-order valence-corrected chi connectivity index (χ4v) is 8.01. The molecule has 2 aromatic rings. The van der Waals surface area contributed by atoms with Crippen LogP contribution in [-0.2, 0) is 6.42 Å². The Kier molecular flexibility index (Phi) is 5.82. The van der Waals surface area contributed by atoms with Gasteiger partial charge in [-0.05, 0) is 116 Å². The van der Waals surface area contributed by atoms with Crippen molar-refractivity contribution < 1.29 is 14.9 Å². The standard InChI is InChI=1S/C29H36ClNO3/c1-29-17-23(18-3-5-19(6-4-18)34-16-15-31-13-2-14-31)27-20-9-11-25(32)28(30)21(20)7-8-22(27)24(29)10-12-26(29)33/h3-6,9,11,22-24,26-27,32-33H,2,7-8,10,12-17H2,1H3/t22-,23+,24-,26-,27+,29-/m0/s1. The maximum atomic E-state index is 11.0. The quantitative estimate of drug-likeness (QED) is 0.571. The lowest BCUT2D eigenvalue weighted by Crippen LogP contribution is -2.47. The van der Waals surface area contributed by atoms with Crippen molar-refractivity contribution in [3.63, 3.8) is 0 Å². The van der Waals surface area contributed by atoms with E-state index in [1.165, 1.54) is 30.6 Å². The number of halogens is 1. The van der Waals surface area contributed by atoms with Crippen LogP contribution >= 0.6 is 11.6 Å². The minimum absolute atomic E-state index is 0.0452. The number of phenols is 1. The molecular weight excluding hydrogens is 446 g/mol. The highest BCUT2D eigenvalue weighted by atomic mass is 35.5. The number of rotatable bonds is 5. The van der Waals surface area contributed by atoms with Crippen LogP contribution in [0.4, 0.5) is 0 Å². The zero-order valence-corrected chi connectivity index (χ0v) is 20.8. The van der Waals surface area contributed by atoms with Crippen LogP contribution < -0.4 is 4.74 Å². The van der Waals surface area contributed by atoms with Crippen LogP contribution in [0.1, 0.15) is 67.6 Å². The first-order chi connectivity index (χ1) is 16.5.